The van der Waals surface area contributed by atoms with Crippen LogP contribution in [0.3, 0.4) is 0 Å². The molecule has 0 aliphatic heterocycles. The fourth-order valence-corrected chi connectivity index (χ4v) is 0.532. The molecule has 0 amide bonds. The van der Waals surface area contributed by atoms with Gasteiger partial charge in [0.2, 0.25) is 0 Å². The van der Waals surface area contributed by atoms with Crippen molar-refractivity contribution in [2.24, 2.45) is 0 Å². The third-order valence-electron chi connectivity index (χ3n) is 1.48. The highest BCUT2D eigenvalue weighted by Gasteiger charge is 2.42. The van der Waals surface area contributed by atoms with E-state index >= 15 is 0 Å². The molecule has 0 saturated heterocycles. The molecule has 0 unspecified atom stereocenters. The average molecular weight is 104 g/mol. The molecule has 7 heavy (non-hydrogen) atoms. The monoisotopic (exact) mass is 104 g/mol. The summed E-state index contributed by atoms with van der Waals surface area (Å²) in [5, 5.41) is 0. The number of rotatable bonds is 2. The van der Waals surface area contributed by atoms with E-state index in [-0.39, 0.29) is 12.3 Å². The van der Waals surface area contributed by atoms with Crippen molar-refractivity contribution in [1.82, 2.24) is 0 Å². The van der Waals surface area contributed by atoms with Gasteiger partial charge in [-0.2, -0.15) is 0 Å². The van der Waals surface area contributed by atoms with Gasteiger partial charge in [-0.15, -0.1) is 0 Å². The maximum atomic E-state index is 11.7. The fraction of sp³-hybridized carbons (Fsp3) is 1.00. The Morgan fingerprint density at radius 2 is 2.29 bits per heavy atom. The van der Waals surface area contributed by atoms with Gasteiger partial charge in [-0.3, -0.25) is 0 Å². The molecule has 0 bridgehead atoms. The molecule has 42 valence electrons. The van der Waals surface area contributed by atoms with Crippen LogP contribution in [0.15, 0.2) is 0 Å². The van der Waals surface area contributed by atoms with Crippen molar-refractivity contribution in [1.29, 1.82) is 0 Å². The van der Waals surface area contributed by atoms with E-state index in [0.717, 1.165) is 12.8 Å². The van der Waals surface area contributed by atoms with Gasteiger partial charge in [0, 0.05) is 7.11 Å². The van der Waals surface area contributed by atoms with Gasteiger partial charge in [-0.25, -0.2) is 4.39 Å². The lowest BCUT2D eigenvalue weighted by atomic mass is 10.4. The number of hydrogen-bond donors (Lipinski definition) is 0. The molecule has 0 aromatic heterocycles. The zero-order valence-corrected chi connectivity index (χ0v) is 4.41. The largest absolute Gasteiger partial charge is 0.376 e. The second-order valence-electron chi connectivity index (χ2n) is 2.02. The highest BCUT2D eigenvalue weighted by molar-refractivity contribution is 4.94. The van der Waals surface area contributed by atoms with E-state index in [1.165, 1.54) is 0 Å². The van der Waals surface area contributed by atoms with Crippen LogP contribution in [-0.2, 0) is 4.74 Å². The molecule has 0 radical (unpaired) electrons. The number of methoxy groups -OCH3 is 1. The van der Waals surface area contributed by atoms with Crippen LogP contribution in [0, 0.1) is 0 Å². The van der Waals surface area contributed by atoms with Crippen LogP contribution in [0.25, 0.3) is 0 Å². The van der Waals surface area contributed by atoms with Gasteiger partial charge in [-0.05, 0) is 12.8 Å². The van der Waals surface area contributed by atoms with Crippen molar-refractivity contribution < 1.29 is 9.13 Å². The van der Waals surface area contributed by atoms with Crippen LogP contribution >= 0.6 is 0 Å². The van der Waals surface area contributed by atoms with Gasteiger partial charge in [0.25, 0.3) is 0 Å². The van der Waals surface area contributed by atoms with Gasteiger partial charge >= 0.3 is 0 Å². The van der Waals surface area contributed by atoms with Crippen LogP contribution < -0.4 is 0 Å². The molecule has 1 fully saturated rings. The highest BCUT2D eigenvalue weighted by Crippen LogP contribution is 2.38. The first-order valence-electron chi connectivity index (χ1n) is 2.44. The van der Waals surface area contributed by atoms with E-state index in [1.807, 2.05) is 0 Å². The zero-order valence-electron chi connectivity index (χ0n) is 4.41. The Labute approximate surface area is 42.5 Å². The van der Waals surface area contributed by atoms with Crippen molar-refractivity contribution in [3.8, 4) is 0 Å². The summed E-state index contributed by atoms with van der Waals surface area (Å²) in [5.41, 5.74) is -0.333. The molecule has 0 N–H and O–H groups in total. The number of hydrogen-bond acceptors (Lipinski definition) is 1. The summed E-state index contributed by atoms with van der Waals surface area (Å²) in [6.45, 7) is -0.316. The van der Waals surface area contributed by atoms with Gasteiger partial charge in [-0.1, -0.05) is 0 Å². The normalized spacial score (nSPS) is 24.9. The molecular weight excluding hydrogens is 95.1 g/mol. The smallest absolute Gasteiger partial charge is 0.118 e. The predicted molar refractivity (Wildman–Crippen MR) is 24.9 cm³/mol. The lowest BCUT2D eigenvalue weighted by Crippen LogP contribution is -2.12. The topological polar surface area (TPSA) is 9.23 Å². The molecule has 0 aromatic carbocycles. The van der Waals surface area contributed by atoms with Crippen LogP contribution in [0.5, 0.6) is 0 Å². The summed E-state index contributed by atoms with van der Waals surface area (Å²) in [7, 11) is 1.56. The lowest BCUT2D eigenvalue weighted by molar-refractivity contribution is 0.0574. The van der Waals surface area contributed by atoms with Crippen molar-refractivity contribution in [3.63, 3.8) is 0 Å². The van der Waals surface area contributed by atoms with E-state index in [4.69, 9.17) is 4.74 Å². The van der Waals surface area contributed by atoms with Crippen LogP contribution in [0.4, 0.5) is 4.39 Å². The Kier molecular flexibility index (Phi) is 1.04. The summed E-state index contributed by atoms with van der Waals surface area (Å²) in [6.07, 6.45) is 1.81. The first-order chi connectivity index (χ1) is 3.33. The van der Waals surface area contributed by atoms with Gasteiger partial charge in [0.15, 0.2) is 0 Å². The van der Waals surface area contributed by atoms with E-state index in [0.29, 0.717) is 0 Å². The molecule has 0 aromatic rings. The molecule has 0 atom stereocenters. The number of alkyl halides is 1. The minimum absolute atomic E-state index is 0.316. The molecule has 1 saturated carbocycles. The Bertz CT molecular complexity index is 62.5. The Hall–Kier alpha value is -0.110. The van der Waals surface area contributed by atoms with Crippen molar-refractivity contribution in [2.75, 3.05) is 13.8 Å². The second-order valence-corrected chi connectivity index (χ2v) is 2.02. The first-order valence-corrected chi connectivity index (χ1v) is 2.44. The maximum Gasteiger partial charge on any atom is 0.118 e. The quantitative estimate of drug-likeness (QED) is 0.510. The summed E-state index contributed by atoms with van der Waals surface area (Å²) in [4.78, 5) is 0. The van der Waals surface area contributed by atoms with Gasteiger partial charge in [0.05, 0.1) is 5.60 Å². The first kappa shape index (κ1) is 5.04. The van der Waals surface area contributed by atoms with Gasteiger partial charge < -0.3 is 4.74 Å². The predicted octanol–water partition coefficient (Wildman–Crippen LogP) is 1.13. The molecule has 1 rings (SSSR count). The lowest BCUT2D eigenvalue weighted by Gasteiger charge is -2.04. The Morgan fingerprint density at radius 1 is 1.71 bits per heavy atom. The van der Waals surface area contributed by atoms with Crippen LogP contribution in [0.2, 0.25) is 0 Å². The zero-order chi connectivity index (χ0) is 5.33. The van der Waals surface area contributed by atoms with E-state index in [9.17, 15) is 4.39 Å². The Morgan fingerprint density at radius 3 is 2.29 bits per heavy atom. The van der Waals surface area contributed by atoms with E-state index in [2.05, 4.69) is 0 Å². The summed E-state index contributed by atoms with van der Waals surface area (Å²) in [6, 6.07) is 0. The van der Waals surface area contributed by atoms with E-state index < -0.39 is 0 Å². The highest BCUT2D eigenvalue weighted by atomic mass is 19.1. The van der Waals surface area contributed by atoms with Crippen molar-refractivity contribution in [3.05, 3.63) is 0 Å². The van der Waals surface area contributed by atoms with E-state index in [1.54, 1.807) is 7.11 Å². The van der Waals surface area contributed by atoms with Crippen LogP contribution in [-0.4, -0.2) is 19.4 Å². The summed E-state index contributed by atoms with van der Waals surface area (Å²) < 4.78 is 16.5. The summed E-state index contributed by atoms with van der Waals surface area (Å²) >= 11 is 0. The summed E-state index contributed by atoms with van der Waals surface area (Å²) in [5.74, 6) is 0. The fourth-order valence-electron chi connectivity index (χ4n) is 0.532. The van der Waals surface area contributed by atoms with Crippen LogP contribution in [0.1, 0.15) is 12.8 Å². The number of halogens is 1. The average Bonchev–Trinajstić information content (AvgIpc) is 2.46. The van der Waals surface area contributed by atoms with Crippen molar-refractivity contribution in [2.45, 2.75) is 18.4 Å². The van der Waals surface area contributed by atoms with Gasteiger partial charge in [0.1, 0.15) is 6.67 Å². The standard InChI is InChI=1S/C5H9FO/c1-7-5(4-6)2-3-5/h2-4H2,1H3. The molecule has 1 aliphatic carbocycles. The molecular formula is C5H9FO. The Balaban J connectivity index is 2.28. The third-order valence-corrected chi connectivity index (χ3v) is 1.48. The molecule has 2 heteroatoms. The molecule has 1 nitrogen and oxygen atoms in total. The van der Waals surface area contributed by atoms with Crippen molar-refractivity contribution >= 4 is 0 Å². The minimum atomic E-state index is -0.333. The maximum absolute atomic E-state index is 11.7. The number of ether oxygens (including phenoxy) is 1. The molecule has 0 spiro atoms. The molecule has 1 aliphatic rings. The second kappa shape index (κ2) is 1.44. The third kappa shape index (κ3) is 0.752. The minimum Gasteiger partial charge on any atom is -0.376 e. The SMILES string of the molecule is COC1(CF)CC1. The molecule has 0 heterocycles.